The lowest BCUT2D eigenvalue weighted by atomic mass is 10.1. The predicted octanol–water partition coefficient (Wildman–Crippen LogP) is 3.55. The summed E-state index contributed by atoms with van der Waals surface area (Å²) in [5.41, 5.74) is 2.06. The summed E-state index contributed by atoms with van der Waals surface area (Å²) in [6.07, 6.45) is 1.81. The van der Waals surface area contributed by atoms with E-state index in [4.69, 9.17) is 5.11 Å². The zero-order chi connectivity index (χ0) is 15.1. The Hall–Kier alpha value is -1.65. The van der Waals surface area contributed by atoms with Gasteiger partial charge in [0.1, 0.15) is 0 Å². The third-order valence-corrected chi connectivity index (χ3v) is 4.34. The second-order valence-electron chi connectivity index (χ2n) is 5.22. The molecule has 3 nitrogen and oxygen atoms in total. The van der Waals surface area contributed by atoms with Crippen molar-refractivity contribution in [3.8, 4) is 11.1 Å². The van der Waals surface area contributed by atoms with Crippen molar-refractivity contribution in [3.63, 3.8) is 0 Å². The second-order valence-corrected chi connectivity index (χ2v) is 6.13. The summed E-state index contributed by atoms with van der Waals surface area (Å²) in [4.78, 5) is 13.0. The Morgan fingerprint density at radius 3 is 2.76 bits per heavy atom. The molecule has 21 heavy (non-hydrogen) atoms. The summed E-state index contributed by atoms with van der Waals surface area (Å²) >= 11 is 1.47. The first-order valence-corrected chi connectivity index (χ1v) is 8.12. The molecule has 1 aromatic heterocycles. The fraction of sp³-hybridized carbons (Fsp3) is 0.353. The Morgan fingerprint density at radius 1 is 1.29 bits per heavy atom. The molecular formula is C17H21NO2S. The number of carbonyl (C=O) groups is 1. The summed E-state index contributed by atoms with van der Waals surface area (Å²) < 4.78 is 0. The van der Waals surface area contributed by atoms with Gasteiger partial charge in [-0.3, -0.25) is 4.79 Å². The van der Waals surface area contributed by atoms with Crippen molar-refractivity contribution in [3.05, 3.63) is 46.7 Å². The van der Waals surface area contributed by atoms with Gasteiger partial charge in [-0.15, -0.1) is 11.3 Å². The standard InChI is InChI=1S/C17H21NO2S/c1-13(12-19)6-5-10-18-17(20)16-15(9-11-21-16)14-7-3-2-4-8-14/h2-4,7-9,11,13,19H,5-6,10,12H2,1H3,(H,18,20). The van der Waals surface area contributed by atoms with Crippen LogP contribution in [0.5, 0.6) is 0 Å². The summed E-state index contributed by atoms with van der Waals surface area (Å²) in [5, 5.41) is 13.9. The van der Waals surface area contributed by atoms with Crippen LogP contribution in [0.4, 0.5) is 0 Å². The average Bonchev–Trinajstić information content (AvgIpc) is 3.01. The molecule has 2 aromatic rings. The maximum atomic E-state index is 12.3. The van der Waals surface area contributed by atoms with Gasteiger partial charge in [-0.2, -0.15) is 0 Å². The van der Waals surface area contributed by atoms with E-state index in [9.17, 15) is 4.79 Å². The van der Waals surface area contributed by atoms with Crippen LogP contribution in [-0.2, 0) is 0 Å². The van der Waals surface area contributed by atoms with Crippen molar-refractivity contribution in [1.82, 2.24) is 5.32 Å². The van der Waals surface area contributed by atoms with E-state index in [2.05, 4.69) is 5.32 Å². The van der Waals surface area contributed by atoms with E-state index in [1.165, 1.54) is 11.3 Å². The van der Waals surface area contributed by atoms with Gasteiger partial charge >= 0.3 is 0 Å². The SMILES string of the molecule is CC(CO)CCCNC(=O)c1sccc1-c1ccccc1. The Bertz CT molecular complexity index is 565. The van der Waals surface area contributed by atoms with Crippen molar-refractivity contribution in [2.75, 3.05) is 13.2 Å². The Balaban J connectivity index is 1.93. The molecule has 4 heteroatoms. The molecule has 0 aliphatic carbocycles. The zero-order valence-electron chi connectivity index (χ0n) is 12.2. The highest BCUT2D eigenvalue weighted by molar-refractivity contribution is 7.12. The van der Waals surface area contributed by atoms with E-state index in [1.807, 2.05) is 48.7 Å². The van der Waals surface area contributed by atoms with Gasteiger partial charge in [-0.1, -0.05) is 37.3 Å². The van der Waals surface area contributed by atoms with Crippen molar-refractivity contribution in [2.24, 2.45) is 5.92 Å². The van der Waals surface area contributed by atoms with Crippen LogP contribution in [-0.4, -0.2) is 24.2 Å². The Kier molecular flexibility index (Phi) is 5.96. The first kappa shape index (κ1) is 15.7. The second kappa shape index (κ2) is 7.96. The molecule has 0 bridgehead atoms. The molecule has 1 unspecified atom stereocenters. The number of amides is 1. The van der Waals surface area contributed by atoms with Gasteiger partial charge in [0.15, 0.2) is 0 Å². The highest BCUT2D eigenvalue weighted by atomic mass is 32.1. The molecule has 2 rings (SSSR count). The number of rotatable bonds is 7. The average molecular weight is 303 g/mol. The van der Waals surface area contributed by atoms with Gasteiger partial charge < -0.3 is 10.4 Å². The van der Waals surface area contributed by atoms with E-state index in [0.717, 1.165) is 28.8 Å². The Labute approximate surface area is 129 Å². The molecule has 1 heterocycles. The topological polar surface area (TPSA) is 49.3 Å². The van der Waals surface area contributed by atoms with Crippen LogP contribution >= 0.6 is 11.3 Å². The van der Waals surface area contributed by atoms with Crippen LogP contribution in [0, 0.1) is 5.92 Å². The van der Waals surface area contributed by atoms with E-state index in [1.54, 1.807) is 0 Å². The summed E-state index contributed by atoms with van der Waals surface area (Å²) in [6.45, 7) is 2.86. The van der Waals surface area contributed by atoms with Crippen LogP contribution in [0.15, 0.2) is 41.8 Å². The third-order valence-electron chi connectivity index (χ3n) is 3.43. The fourth-order valence-electron chi connectivity index (χ4n) is 2.15. The van der Waals surface area contributed by atoms with E-state index >= 15 is 0 Å². The van der Waals surface area contributed by atoms with E-state index in [0.29, 0.717) is 12.5 Å². The van der Waals surface area contributed by atoms with Crippen LogP contribution in [0.3, 0.4) is 0 Å². The molecular weight excluding hydrogens is 282 g/mol. The molecule has 0 radical (unpaired) electrons. The summed E-state index contributed by atoms with van der Waals surface area (Å²) in [5.74, 6) is 0.282. The Morgan fingerprint density at radius 2 is 2.05 bits per heavy atom. The number of benzene rings is 1. The lowest BCUT2D eigenvalue weighted by molar-refractivity contribution is 0.0956. The predicted molar refractivity (Wildman–Crippen MR) is 87.6 cm³/mol. The van der Waals surface area contributed by atoms with Gasteiger partial charge in [0.05, 0.1) is 4.88 Å². The normalized spacial score (nSPS) is 12.1. The molecule has 112 valence electrons. The molecule has 0 saturated carbocycles. The summed E-state index contributed by atoms with van der Waals surface area (Å²) in [7, 11) is 0. The third kappa shape index (κ3) is 4.41. The molecule has 0 aliphatic rings. The summed E-state index contributed by atoms with van der Waals surface area (Å²) in [6, 6.07) is 11.9. The number of thiophene rings is 1. The molecule has 0 aliphatic heterocycles. The molecule has 1 aromatic carbocycles. The van der Waals surface area contributed by atoms with E-state index < -0.39 is 0 Å². The largest absolute Gasteiger partial charge is 0.396 e. The van der Waals surface area contributed by atoms with Gasteiger partial charge in [-0.25, -0.2) is 0 Å². The fourth-order valence-corrected chi connectivity index (χ4v) is 2.99. The van der Waals surface area contributed by atoms with E-state index in [-0.39, 0.29) is 12.5 Å². The number of aliphatic hydroxyl groups is 1. The number of carbonyl (C=O) groups excluding carboxylic acids is 1. The highest BCUT2D eigenvalue weighted by Gasteiger charge is 2.13. The number of hydrogen-bond acceptors (Lipinski definition) is 3. The van der Waals surface area contributed by atoms with Crippen LogP contribution in [0.2, 0.25) is 0 Å². The maximum absolute atomic E-state index is 12.3. The first-order valence-electron chi connectivity index (χ1n) is 7.24. The number of hydrogen-bond donors (Lipinski definition) is 2. The quantitative estimate of drug-likeness (QED) is 0.768. The lowest BCUT2D eigenvalue weighted by Crippen LogP contribution is -2.24. The van der Waals surface area contributed by atoms with Crippen LogP contribution < -0.4 is 5.32 Å². The van der Waals surface area contributed by atoms with Gasteiger partial charge in [-0.05, 0) is 35.8 Å². The highest BCUT2D eigenvalue weighted by Crippen LogP contribution is 2.27. The van der Waals surface area contributed by atoms with Crippen LogP contribution in [0.1, 0.15) is 29.4 Å². The van der Waals surface area contributed by atoms with Gasteiger partial charge in [0.2, 0.25) is 0 Å². The van der Waals surface area contributed by atoms with Crippen molar-refractivity contribution >= 4 is 17.2 Å². The monoisotopic (exact) mass is 303 g/mol. The minimum absolute atomic E-state index is 0.0134. The minimum Gasteiger partial charge on any atom is -0.396 e. The molecule has 0 spiro atoms. The number of aliphatic hydroxyl groups excluding tert-OH is 1. The van der Waals surface area contributed by atoms with Crippen LogP contribution in [0.25, 0.3) is 11.1 Å². The van der Waals surface area contributed by atoms with Gasteiger partial charge in [0.25, 0.3) is 5.91 Å². The smallest absolute Gasteiger partial charge is 0.261 e. The molecule has 1 atom stereocenters. The van der Waals surface area contributed by atoms with Crippen molar-refractivity contribution in [1.29, 1.82) is 0 Å². The lowest BCUT2D eigenvalue weighted by Gasteiger charge is -2.09. The molecule has 1 amide bonds. The number of nitrogens with one attached hydrogen (secondary N) is 1. The van der Waals surface area contributed by atoms with Crippen molar-refractivity contribution < 1.29 is 9.90 Å². The molecule has 2 N–H and O–H groups in total. The maximum Gasteiger partial charge on any atom is 0.261 e. The van der Waals surface area contributed by atoms with Gasteiger partial charge in [0, 0.05) is 18.7 Å². The molecule has 0 fully saturated rings. The first-order chi connectivity index (χ1) is 10.2. The molecule has 0 saturated heterocycles. The zero-order valence-corrected chi connectivity index (χ0v) is 13.0. The van der Waals surface area contributed by atoms with Crippen molar-refractivity contribution in [2.45, 2.75) is 19.8 Å². The minimum atomic E-state index is -0.0134.